The van der Waals surface area contributed by atoms with Gasteiger partial charge in [0.05, 0.1) is 10.2 Å². The van der Waals surface area contributed by atoms with Crippen molar-refractivity contribution in [2.45, 2.75) is 24.7 Å². The quantitative estimate of drug-likeness (QED) is 0.316. The fraction of sp³-hybridized carbons (Fsp3) is 0.542. The zero-order valence-corrected chi connectivity index (χ0v) is 21.5. The maximum absolute atomic E-state index is 12.9. The summed E-state index contributed by atoms with van der Waals surface area (Å²) < 4.78 is 0.536. The van der Waals surface area contributed by atoms with Crippen LogP contribution in [0.15, 0.2) is 34.5 Å². The van der Waals surface area contributed by atoms with E-state index >= 15 is 0 Å². The Hall–Kier alpha value is -2.65. The molecule has 0 spiro atoms. The number of halogens is 1. The van der Waals surface area contributed by atoms with Gasteiger partial charge in [0, 0.05) is 44.8 Å². The van der Waals surface area contributed by atoms with E-state index < -0.39 is 11.3 Å². The van der Waals surface area contributed by atoms with Crippen LogP contribution < -0.4 is 11.3 Å². The van der Waals surface area contributed by atoms with Gasteiger partial charge in [-0.2, -0.15) is 5.26 Å². The van der Waals surface area contributed by atoms with Crippen molar-refractivity contribution in [3.05, 3.63) is 46.0 Å². The van der Waals surface area contributed by atoms with E-state index in [4.69, 9.17) is 5.84 Å². The number of aromatic nitrogens is 2. The largest absolute Gasteiger partial charge is 0.340 e. The number of hydrogen-bond donors (Lipinski definition) is 2. The van der Waals surface area contributed by atoms with Gasteiger partial charge in [0.15, 0.2) is 0 Å². The van der Waals surface area contributed by atoms with E-state index in [-0.39, 0.29) is 11.7 Å². The van der Waals surface area contributed by atoms with Gasteiger partial charge in [0.1, 0.15) is 11.5 Å². The number of carbonyl (C=O) groups excluding carboxylic acids is 2. The molecule has 3 aliphatic rings. The van der Waals surface area contributed by atoms with E-state index in [1.54, 1.807) is 0 Å². The summed E-state index contributed by atoms with van der Waals surface area (Å²) in [6.45, 7) is 6.02. The SMILES string of the molecule is CN1CCN(C(=O)C2CCN(CC3=CCC(C(=O)NN)(c4nc(C#N)ncc4Br)C=C3)CC2)CC1. The van der Waals surface area contributed by atoms with Gasteiger partial charge in [-0.25, -0.2) is 15.8 Å². The Bertz CT molecular complexity index is 1070. The summed E-state index contributed by atoms with van der Waals surface area (Å²) in [4.78, 5) is 40.7. The van der Waals surface area contributed by atoms with Crippen molar-refractivity contribution in [3.8, 4) is 6.07 Å². The number of carbonyl (C=O) groups is 2. The smallest absolute Gasteiger partial charge is 0.250 e. The van der Waals surface area contributed by atoms with Crippen LogP contribution in [0.25, 0.3) is 0 Å². The number of likely N-dealkylation sites (tertiary alicyclic amines) is 1. The van der Waals surface area contributed by atoms with Gasteiger partial charge in [-0.3, -0.25) is 19.9 Å². The van der Waals surface area contributed by atoms with Crippen LogP contribution in [0.3, 0.4) is 0 Å². The molecule has 186 valence electrons. The molecule has 0 aromatic carbocycles. The molecule has 0 saturated carbocycles. The first-order valence-corrected chi connectivity index (χ1v) is 12.7. The number of allylic oxidation sites excluding steroid dienone is 1. The van der Waals surface area contributed by atoms with E-state index in [0.717, 1.165) is 64.2 Å². The number of nitrogens with one attached hydrogen (secondary N) is 1. The molecule has 1 aromatic heterocycles. The third-order valence-corrected chi connectivity index (χ3v) is 7.81. The molecule has 3 heterocycles. The van der Waals surface area contributed by atoms with Crippen LogP contribution in [-0.4, -0.2) is 89.3 Å². The molecule has 0 bridgehead atoms. The molecule has 1 atom stereocenters. The lowest BCUT2D eigenvalue weighted by Gasteiger charge is -2.38. The average Bonchev–Trinajstić information content (AvgIpc) is 2.89. The highest BCUT2D eigenvalue weighted by molar-refractivity contribution is 9.10. The van der Waals surface area contributed by atoms with E-state index in [2.05, 4.69) is 48.2 Å². The zero-order chi connectivity index (χ0) is 25.0. The minimum atomic E-state index is -1.13. The highest BCUT2D eigenvalue weighted by atomic mass is 79.9. The van der Waals surface area contributed by atoms with Crippen LogP contribution >= 0.6 is 15.9 Å². The van der Waals surface area contributed by atoms with Gasteiger partial charge in [-0.15, -0.1) is 0 Å². The Kier molecular flexibility index (Phi) is 7.96. The number of amides is 2. The van der Waals surface area contributed by atoms with Crippen LogP contribution in [0.2, 0.25) is 0 Å². The number of hydrogen-bond acceptors (Lipinski definition) is 8. The summed E-state index contributed by atoms with van der Waals surface area (Å²) in [6, 6.07) is 1.92. The number of likely N-dealkylation sites (N-methyl/N-ethyl adjacent to an activating group) is 1. The topological polar surface area (TPSA) is 131 Å². The van der Waals surface area contributed by atoms with E-state index in [1.165, 1.54) is 6.20 Å². The van der Waals surface area contributed by atoms with Gasteiger partial charge in [-0.1, -0.05) is 18.2 Å². The Balaban J connectivity index is 1.38. The standard InChI is InChI=1S/C24H31BrN8O2/c1-31-10-12-33(13-11-31)22(34)18-4-8-32(9-5-18)16-17-2-6-24(7-3-17,23(35)30-27)21-19(25)15-28-20(14-26)29-21/h2-3,6,15,18H,4-5,7-13,16,27H2,1H3,(H,30,35). The van der Waals surface area contributed by atoms with Crippen molar-refractivity contribution in [3.63, 3.8) is 0 Å². The van der Waals surface area contributed by atoms with Crippen LogP contribution in [0.4, 0.5) is 0 Å². The third kappa shape index (κ3) is 5.46. The number of nitrogens with two attached hydrogens (primary N) is 1. The van der Waals surface area contributed by atoms with Crippen LogP contribution in [0, 0.1) is 17.2 Å². The molecule has 4 rings (SSSR count). The van der Waals surface area contributed by atoms with E-state index in [0.29, 0.717) is 22.5 Å². The minimum absolute atomic E-state index is 0.00966. The molecular formula is C24H31BrN8O2. The summed E-state index contributed by atoms with van der Waals surface area (Å²) in [5.41, 5.74) is 2.62. The molecule has 2 fully saturated rings. The normalized spacial score (nSPS) is 24.1. The lowest BCUT2D eigenvalue weighted by atomic mass is 9.76. The number of nitrogens with zero attached hydrogens (tertiary/aromatic N) is 6. The number of nitriles is 1. The molecule has 2 aliphatic heterocycles. The highest BCUT2D eigenvalue weighted by Crippen LogP contribution is 2.37. The fourth-order valence-electron chi connectivity index (χ4n) is 4.99. The molecule has 10 nitrogen and oxygen atoms in total. The first-order chi connectivity index (χ1) is 16.9. The molecule has 2 saturated heterocycles. The first-order valence-electron chi connectivity index (χ1n) is 11.9. The van der Waals surface area contributed by atoms with Gasteiger partial charge >= 0.3 is 0 Å². The van der Waals surface area contributed by atoms with Crippen molar-refractivity contribution in [1.29, 1.82) is 5.26 Å². The van der Waals surface area contributed by atoms with Crippen LogP contribution in [0.1, 0.15) is 30.8 Å². The Morgan fingerprint density at radius 1 is 1.26 bits per heavy atom. The number of piperazine rings is 1. The number of rotatable bonds is 5. The van der Waals surface area contributed by atoms with Crippen molar-refractivity contribution < 1.29 is 9.59 Å². The van der Waals surface area contributed by atoms with Crippen molar-refractivity contribution in [2.24, 2.45) is 11.8 Å². The Morgan fingerprint density at radius 3 is 2.57 bits per heavy atom. The number of hydrazine groups is 1. The summed E-state index contributed by atoms with van der Waals surface area (Å²) in [5, 5.41) is 9.22. The van der Waals surface area contributed by atoms with Gasteiger partial charge < -0.3 is 9.80 Å². The molecule has 1 unspecified atom stereocenters. The van der Waals surface area contributed by atoms with Crippen LogP contribution in [0.5, 0.6) is 0 Å². The van der Waals surface area contributed by atoms with E-state index in [9.17, 15) is 14.9 Å². The molecule has 3 N–H and O–H groups in total. The van der Waals surface area contributed by atoms with Crippen molar-refractivity contribution in [2.75, 3.05) is 52.9 Å². The van der Waals surface area contributed by atoms with Gasteiger partial charge in [0.2, 0.25) is 17.6 Å². The molecule has 11 heteroatoms. The first kappa shape index (κ1) is 25.4. The lowest BCUT2D eigenvalue weighted by Crippen LogP contribution is -2.50. The summed E-state index contributed by atoms with van der Waals surface area (Å²) in [7, 11) is 2.09. The average molecular weight is 543 g/mol. The summed E-state index contributed by atoms with van der Waals surface area (Å²) in [6.07, 6.45) is 9.34. The lowest BCUT2D eigenvalue weighted by molar-refractivity contribution is -0.138. The Labute approximate surface area is 213 Å². The molecule has 1 aliphatic carbocycles. The number of piperidine rings is 1. The second kappa shape index (κ2) is 11.0. The second-order valence-electron chi connectivity index (χ2n) is 9.44. The molecule has 1 aromatic rings. The Morgan fingerprint density at radius 2 is 1.97 bits per heavy atom. The molecule has 2 amide bonds. The third-order valence-electron chi connectivity index (χ3n) is 7.23. The van der Waals surface area contributed by atoms with Crippen molar-refractivity contribution >= 4 is 27.7 Å². The molecule has 0 radical (unpaired) electrons. The maximum Gasteiger partial charge on any atom is 0.250 e. The minimum Gasteiger partial charge on any atom is -0.340 e. The second-order valence-corrected chi connectivity index (χ2v) is 10.3. The van der Waals surface area contributed by atoms with Gasteiger partial charge in [0.25, 0.3) is 0 Å². The maximum atomic E-state index is 12.9. The van der Waals surface area contributed by atoms with Crippen molar-refractivity contribution in [1.82, 2.24) is 30.1 Å². The summed E-state index contributed by atoms with van der Waals surface area (Å²) >= 11 is 3.42. The van der Waals surface area contributed by atoms with Crippen LogP contribution in [-0.2, 0) is 15.0 Å². The monoisotopic (exact) mass is 542 g/mol. The van der Waals surface area contributed by atoms with E-state index in [1.807, 2.05) is 29.2 Å². The predicted octanol–water partition coefficient (Wildman–Crippen LogP) is 0.711. The summed E-state index contributed by atoms with van der Waals surface area (Å²) in [5.74, 6) is 5.50. The zero-order valence-electron chi connectivity index (χ0n) is 19.9. The molecule has 35 heavy (non-hydrogen) atoms. The molecular weight excluding hydrogens is 512 g/mol. The fourth-order valence-corrected chi connectivity index (χ4v) is 5.53. The highest BCUT2D eigenvalue weighted by Gasteiger charge is 2.41. The predicted molar refractivity (Wildman–Crippen MR) is 134 cm³/mol. The van der Waals surface area contributed by atoms with Gasteiger partial charge in [-0.05, 0) is 60.9 Å².